The van der Waals surface area contributed by atoms with E-state index in [-0.39, 0.29) is 35.0 Å². The zero-order valence-corrected chi connectivity index (χ0v) is 14.3. The monoisotopic (exact) mass is 354 g/mol. The van der Waals surface area contributed by atoms with E-state index in [9.17, 15) is 18.0 Å². The topological polar surface area (TPSA) is 118 Å². The molecule has 0 fully saturated rings. The molecule has 1 aromatic carbocycles. The zero-order chi connectivity index (χ0) is 17.9. The molecule has 0 spiro atoms. The number of nitrogens with one attached hydrogen (secondary N) is 2. The van der Waals surface area contributed by atoms with Crippen molar-refractivity contribution in [1.29, 1.82) is 0 Å². The molecule has 2 aromatic rings. The van der Waals surface area contributed by atoms with E-state index in [2.05, 4.69) is 10.2 Å². The lowest BCUT2D eigenvalue weighted by Gasteiger charge is -2.15. The van der Waals surface area contributed by atoms with Crippen LogP contribution in [0.3, 0.4) is 0 Å². The van der Waals surface area contributed by atoms with E-state index >= 15 is 0 Å². The van der Waals surface area contributed by atoms with Crippen LogP contribution in [0.2, 0.25) is 0 Å². The Labute approximate surface area is 138 Å². The number of methoxy groups -OCH3 is 1. The van der Waals surface area contributed by atoms with Crippen molar-refractivity contribution in [3.05, 3.63) is 45.4 Å². The Kier molecular flexibility index (Phi) is 5.25. The van der Waals surface area contributed by atoms with Gasteiger partial charge >= 0.3 is 0 Å². The molecule has 0 amide bonds. The first-order valence-electron chi connectivity index (χ1n) is 7.03. The SMILES string of the molecule is COCCOc1c(S(C)(=O)=O)ccc(C(=O)c2c[nH][nH]c2=O)c1C. The second-order valence-corrected chi connectivity index (χ2v) is 7.15. The molecule has 0 atom stereocenters. The van der Waals surface area contributed by atoms with Crippen molar-refractivity contribution in [2.45, 2.75) is 11.8 Å². The number of rotatable bonds is 7. The van der Waals surface area contributed by atoms with Gasteiger partial charge in [-0.05, 0) is 19.1 Å². The van der Waals surface area contributed by atoms with Crippen LogP contribution in [0.1, 0.15) is 21.5 Å². The molecule has 1 heterocycles. The first kappa shape index (κ1) is 18.0. The number of aromatic amines is 2. The summed E-state index contributed by atoms with van der Waals surface area (Å²) in [4.78, 5) is 24.1. The largest absolute Gasteiger partial charge is 0.490 e. The van der Waals surface area contributed by atoms with Gasteiger partial charge in [0, 0.05) is 30.7 Å². The Morgan fingerprint density at radius 2 is 1.92 bits per heavy atom. The number of carbonyl (C=O) groups is 1. The minimum Gasteiger partial charge on any atom is -0.490 e. The van der Waals surface area contributed by atoms with Crippen LogP contribution < -0.4 is 10.3 Å². The maximum absolute atomic E-state index is 12.5. The van der Waals surface area contributed by atoms with Crippen LogP contribution in [0, 0.1) is 6.92 Å². The third-order valence-electron chi connectivity index (χ3n) is 3.44. The molecule has 0 saturated carbocycles. The van der Waals surface area contributed by atoms with Gasteiger partial charge in [-0.2, -0.15) is 0 Å². The molecular formula is C15H18N2O6S. The second-order valence-electron chi connectivity index (χ2n) is 5.16. The highest BCUT2D eigenvalue weighted by molar-refractivity contribution is 7.90. The lowest BCUT2D eigenvalue weighted by atomic mass is 10.0. The summed E-state index contributed by atoms with van der Waals surface area (Å²) in [5.41, 5.74) is -0.0685. The normalized spacial score (nSPS) is 11.5. The Morgan fingerprint density at radius 1 is 1.21 bits per heavy atom. The van der Waals surface area contributed by atoms with Crippen molar-refractivity contribution in [1.82, 2.24) is 10.2 Å². The van der Waals surface area contributed by atoms with Crippen molar-refractivity contribution < 1.29 is 22.7 Å². The highest BCUT2D eigenvalue weighted by Gasteiger charge is 2.23. The highest BCUT2D eigenvalue weighted by Crippen LogP contribution is 2.31. The van der Waals surface area contributed by atoms with E-state index in [0.717, 1.165) is 6.26 Å². The number of sulfone groups is 1. The predicted molar refractivity (Wildman–Crippen MR) is 86.5 cm³/mol. The number of hydrogen-bond acceptors (Lipinski definition) is 6. The fraction of sp³-hybridized carbons (Fsp3) is 0.333. The summed E-state index contributed by atoms with van der Waals surface area (Å²) in [6.07, 6.45) is 2.32. The van der Waals surface area contributed by atoms with E-state index in [0.29, 0.717) is 5.56 Å². The van der Waals surface area contributed by atoms with Gasteiger partial charge in [-0.1, -0.05) is 0 Å². The van der Waals surface area contributed by atoms with Crippen molar-refractivity contribution in [2.24, 2.45) is 0 Å². The number of ether oxygens (including phenoxy) is 2. The molecule has 9 heteroatoms. The van der Waals surface area contributed by atoms with Crippen LogP contribution in [0.5, 0.6) is 5.75 Å². The summed E-state index contributed by atoms with van der Waals surface area (Å²) in [7, 11) is -2.06. The van der Waals surface area contributed by atoms with Gasteiger partial charge in [0.1, 0.15) is 22.8 Å². The third kappa shape index (κ3) is 3.57. The highest BCUT2D eigenvalue weighted by atomic mass is 32.2. The van der Waals surface area contributed by atoms with Gasteiger partial charge in [0.05, 0.1) is 6.61 Å². The van der Waals surface area contributed by atoms with Crippen LogP contribution in [0.25, 0.3) is 0 Å². The summed E-state index contributed by atoms with van der Waals surface area (Å²) in [5, 5.41) is 4.74. The van der Waals surface area contributed by atoms with E-state index in [4.69, 9.17) is 9.47 Å². The molecule has 2 rings (SSSR count). The Balaban J connectivity index is 2.55. The first-order chi connectivity index (χ1) is 11.3. The van der Waals surface area contributed by atoms with Crippen LogP contribution in [0.4, 0.5) is 0 Å². The van der Waals surface area contributed by atoms with Gasteiger partial charge in [-0.3, -0.25) is 14.7 Å². The summed E-state index contributed by atoms with van der Waals surface area (Å²) in [5.74, 6) is -0.431. The van der Waals surface area contributed by atoms with Gasteiger partial charge in [0.2, 0.25) is 5.78 Å². The van der Waals surface area contributed by atoms with Crippen molar-refractivity contribution in [2.75, 3.05) is 26.6 Å². The quantitative estimate of drug-likeness (QED) is 0.557. The van der Waals surface area contributed by atoms with Crippen LogP contribution in [-0.2, 0) is 14.6 Å². The Hall–Kier alpha value is -2.39. The number of ketones is 1. The van der Waals surface area contributed by atoms with Gasteiger partial charge in [0.25, 0.3) is 5.56 Å². The Morgan fingerprint density at radius 3 is 2.46 bits per heavy atom. The lowest BCUT2D eigenvalue weighted by molar-refractivity contribution is 0.103. The number of benzene rings is 1. The Bertz CT molecular complexity index is 910. The van der Waals surface area contributed by atoms with Gasteiger partial charge in [-0.15, -0.1) is 0 Å². The summed E-state index contributed by atoms with van der Waals surface area (Å²) in [6, 6.07) is 2.68. The van der Waals surface area contributed by atoms with E-state index in [1.807, 2.05) is 0 Å². The molecule has 0 aliphatic heterocycles. The van der Waals surface area contributed by atoms with Gasteiger partial charge in [-0.25, -0.2) is 8.42 Å². The minimum absolute atomic E-state index is 0.0179. The van der Waals surface area contributed by atoms with Crippen LogP contribution >= 0.6 is 0 Å². The molecule has 0 bridgehead atoms. The number of aromatic nitrogens is 2. The molecule has 0 aliphatic rings. The molecule has 130 valence electrons. The fourth-order valence-electron chi connectivity index (χ4n) is 2.23. The summed E-state index contributed by atoms with van der Waals surface area (Å²) < 4.78 is 34.3. The maximum atomic E-state index is 12.5. The maximum Gasteiger partial charge on any atom is 0.275 e. The number of carbonyl (C=O) groups excluding carboxylic acids is 1. The van der Waals surface area contributed by atoms with E-state index < -0.39 is 21.2 Å². The minimum atomic E-state index is -3.55. The zero-order valence-electron chi connectivity index (χ0n) is 13.5. The molecule has 0 saturated heterocycles. The third-order valence-corrected chi connectivity index (χ3v) is 4.56. The standard InChI is InChI=1S/C15H18N2O6S/c1-9-10(13(18)11-8-16-17-15(11)19)4-5-12(24(3,20)21)14(9)23-7-6-22-2/h4-5,8H,6-7H2,1-3H3,(H2,16,17,19). The number of hydrogen-bond donors (Lipinski definition) is 2. The predicted octanol–water partition coefficient (Wildman–Crippen LogP) is 0.671. The molecule has 0 radical (unpaired) electrons. The molecule has 2 N–H and O–H groups in total. The molecular weight excluding hydrogens is 336 g/mol. The smallest absolute Gasteiger partial charge is 0.275 e. The average molecular weight is 354 g/mol. The summed E-state index contributed by atoms with van der Waals surface area (Å²) in [6.45, 7) is 1.96. The first-order valence-corrected chi connectivity index (χ1v) is 8.92. The van der Waals surface area contributed by atoms with Crippen molar-refractivity contribution in [3.63, 3.8) is 0 Å². The average Bonchev–Trinajstić information content (AvgIpc) is 2.93. The molecule has 0 aliphatic carbocycles. The van der Waals surface area contributed by atoms with Crippen LogP contribution in [-0.4, -0.2) is 51.0 Å². The molecule has 24 heavy (non-hydrogen) atoms. The van der Waals surface area contributed by atoms with Gasteiger partial charge in [0.15, 0.2) is 9.84 Å². The summed E-state index contributed by atoms with van der Waals surface area (Å²) >= 11 is 0. The fourth-order valence-corrected chi connectivity index (χ4v) is 3.10. The molecule has 0 unspecified atom stereocenters. The van der Waals surface area contributed by atoms with Crippen LogP contribution in [0.15, 0.2) is 28.0 Å². The van der Waals surface area contributed by atoms with E-state index in [1.165, 1.54) is 25.4 Å². The van der Waals surface area contributed by atoms with Crippen molar-refractivity contribution in [3.8, 4) is 5.75 Å². The molecule has 8 nitrogen and oxygen atoms in total. The van der Waals surface area contributed by atoms with Crippen molar-refractivity contribution >= 4 is 15.6 Å². The number of H-pyrrole nitrogens is 2. The second kappa shape index (κ2) is 7.02. The molecule has 1 aromatic heterocycles. The lowest BCUT2D eigenvalue weighted by Crippen LogP contribution is -2.16. The van der Waals surface area contributed by atoms with Gasteiger partial charge < -0.3 is 14.6 Å². The van der Waals surface area contributed by atoms with E-state index in [1.54, 1.807) is 6.92 Å².